The van der Waals surface area contributed by atoms with Gasteiger partial charge in [-0.2, -0.15) is 0 Å². The lowest BCUT2D eigenvalue weighted by Crippen LogP contribution is -2.16. The summed E-state index contributed by atoms with van der Waals surface area (Å²) < 4.78 is 7.79. The number of aryl methyl sites for hydroxylation is 3. The van der Waals surface area contributed by atoms with Gasteiger partial charge in [0.05, 0.1) is 10.8 Å². The highest BCUT2D eigenvalue weighted by Gasteiger charge is 2.15. The predicted molar refractivity (Wildman–Crippen MR) is 121 cm³/mol. The Bertz CT molecular complexity index is 1030. The Morgan fingerprint density at radius 2 is 1.90 bits per heavy atom. The van der Waals surface area contributed by atoms with E-state index >= 15 is 0 Å². The maximum absolute atomic E-state index is 12.4. The van der Waals surface area contributed by atoms with Crippen LogP contribution in [0.25, 0.3) is 0 Å². The number of ether oxygens (including phenoxy) is 1. The monoisotopic (exact) mass is 444 g/mol. The third-order valence-corrected chi connectivity index (χ3v) is 5.91. The molecule has 0 aliphatic rings. The Balaban J connectivity index is 1.62. The number of hydrogen-bond donors (Lipinski definition) is 1. The molecule has 0 aliphatic heterocycles. The smallest absolute Gasteiger partial charge is 0.234 e. The molecule has 1 amide bonds. The Morgan fingerprint density at radius 1 is 1.17 bits per heavy atom. The number of hydrogen-bond acceptors (Lipinski definition) is 5. The van der Waals surface area contributed by atoms with Crippen LogP contribution in [-0.2, 0) is 17.9 Å². The summed E-state index contributed by atoms with van der Waals surface area (Å²) in [5.74, 6) is 1.47. The van der Waals surface area contributed by atoms with Crippen LogP contribution in [0, 0.1) is 20.8 Å². The molecule has 0 spiro atoms. The topological polar surface area (TPSA) is 69.0 Å². The van der Waals surface area contributed by atoms with Crippen molar-refractivity contribution in [3.8, 4) is 5.75 Å². The van der Waals surface area contributed by atoms with Crippen LogP contribution in [0.5, 0.6) is 5.75 Å². The molecule has 1 aromatic heterocycles. The van der Waals surface area contributed by atoms with Crippen molar-refractivity contribution in [2.45, 2.75) is 46.0 Å². The Kier molecular flexibility index (Phi) is 7.39. The fourth-order valence-electron chi connectivity index (χ4n) is 3.03. The summed E-state index contributed by atoms with van der Waals surface area (Å²) in [5, 5.41) is 12.7. The van der Waals surface area contributed by atoms with Gasteiger partial charge in [-0.1, -0.05) is 47.6 Å². The van der Waals surface area contributed by atoms with E-state index in [2.05, 4.69) is 15.5 Å². The fourth-order valence-corrected chi connectivity index (χ4v) is 4.02. The molecule has 3 rings (SSSR count). The van der Waals surface area contributed by atoms with Crippen molar-refractivity contribution in [3.05, 3.63) is 63.9 Å². The van der Waals surface area contributed by atoms with E-state index in [9.17, 15) is 4.79 Å². The second-order valence-electron chi connectivity index (χ2n) is 6.97. The maximum atomic E-state index is 12.4. The molecule has 0 saturated heterocycles. The average molecular weight is 445 g/mol. The van der Waals surface area contributed by atoms with Crippen molar-refractivity contribution < 1.29 is 9.53 Å². The van der Waals surface area contributed by atoms with Gasteiger partial charge in [0, 0.05) is 12.2 Å². The lowest BCUT2D eigenvalue weighted by atomic mass is 10.1. The number of anilines is 1. The summed E-state index contributed by atoms with van der Waals surface area (Å²) in [6.45, 7) is 8.88. The van der Waals surface area contributed by atoms with Crippen LogP contribution in [0.3, 0.4) is 0 Å². The van der Waals surface area contributed by atoms with Crippen LogP contribution < -0.4 is 10.1 Å². The van der Waals surface area contributed by atoms with Gasteiger partial charge in [-0.15, -0.1) is 10.2 Å². The van der Waals surface area contributed by atoms with Gasteiger partial charge in [0.2, 0.25) is 5.91 Å². The number of benzene rings is 2. The molecule has 0 fully saturated rings. The minimum atomic E-state index is -0.0765. The summed E-state index contributed by atoms with van der Waals surface area (Å²) in [7, 11) is 0. The van der Waals surface area contributed by atoms with Gasteiger partial charge in [0.15, 0.2) is 11.0 Å². The van der Waals surface area contributed by atoms with E-state index in [1.165, 1.54) is 11.8 Å². The zero-order valence-corrected chi connectivity index (χ0v) is 19.1. The van der Waals surface area contributed by atoms with E-state index in [4.69, 9.17) is 16.3 Å². The highest BCUT2D eigenvalue weighted by Crippen LogP contribution is 2.27. The zero-order valence-electron chi connectivity index (χ0n) is 17.5. The zero-order chi connectivity index (χ0) is 21.7. The standard InChI is InChI=1S/C22H25ClN4O2S/c1-5-27-19(12-29-18-11-14(2)9-10-17(18)23)25-26-22(27)30-13-20(28)24-21-15(3)7-6-8-16(21)4/h6-11H,5,12-13H2,1-4H3,(H,24,28). The molecular weight excluding hydrogens is 420 g/mol. The van der Waals surface area contributed by atoms with Crippen LogP contribution in [0.2, 0.25) is 5.02 Å². The number of carbonyl (C=O) groups is 1. The molecule has 0 bridgehead atoms. The molecule has 3 aromatic rings. The van der Waals surface area contributed by atoms with E-state index in [0.29, 0.717) is 28.3 Å². The molecule has 30 heavy (non-hydrogen) atoms. The minimum absolute atomic E-state index is 0.0765. The van der Waals surface area contributed by atoms with Crippen LogP contribution >= 0.6 is 23.4 Å². The predicted octanol–water partition coefficient (Wildman–Crippen LogP) is 5.19. The summed E-state index contributed by atoms with van der Waals surface area (Å²) in [4.78, 5) is 12.4. The molecule has 0 saturated carbocycles. The van der Waals surface area contributed by atoms with Crippen molar-refractivity contribution in [1.29, 1.82) is 0 Å². The number of amides is 1. The normalized spacial score (nSPS) is 10.8. The van der Waals surface area contributed by atoms with Gasteiger partial charge in [0.25, 0.3) is 0 Å². The molecule has 1 N–H and O–H groups in total. The van der Waals surface area contributed by atoms with E-state index in [0.717, 1.165) is 22.4 Å². The molecular formula is C22H25ClN4O2S. The number of para-hydroxylation sites is 1. The Labute approximate surface area is 186 Å². The number of halogens is 1. The van der Waals surface area contributed by atoms with E-state index < -0.39 is 0 Å². The number of nitrogens with zero attached hydrogens (tertiary/aromatic N) is 3. The van der Waals surface area contributed by atoms with E-state index in [1.54, 1.807) is 0 Å². The first kappa shape index (κ1) is 22.2. The van der Waals surface area contributed by atoms with Gasteiger partial charge in [-0.3, -0.25) is 4.79 Å². The SMILES string of the molecule is CCn1c(COc2cc(C)ccc2Cl)nnc1SCC(=O)Nc1c(C)cccc1C. The first-order chi connectivity index (χ1) is 14.4. The van der Waals surface area contributed by atoms with Crippen LogP contribution in [-0.4, -0.2) is 26.4 Å². The summed E-state index contributed by atoms with van der Waals surface area (Å²) in [5.41, 5.74) is 4.01. The van der Waals surface area contributed by atoms with Crippen molar-refractivity contribution in [2.75, 3.05) is 11.1 Å². The van der Waals surface area contributed by atoms with Crippen molar-refractivity contribution in [3.63, 3.8) is 0 Å². The lowest BCUT2D eigenvalue weighted by Gasteiger charge is -2.12. The Hall–Kier alpha value is -2.51. The summed E-state index contributed by atoms with van der Waals surface area (Å²) in [6.07, 6.45) is 0. The van der Waals surface area contributed by atoms with Gasteiger partial charge < -0.3 is 14.6 Å². The quantitative estimate of drug-likeness (QED) is 0.484. The molecule has 0 unspecified atom stereocenters. The number of rotatable bonds is 8. The van der Waals surface area contributed by atoms with Gasteiger partial charge in [-0.25, -0.2) is 0 Å². The second-order valence-corrected chi connectivity index (χ2v) is 8.32. The number of thioether (sulfide) groups is 1. The highest BCUT2D eigenvalue weighted by atomic mass is 35.5. The van der Waals surface area contributed by atoms with Crippen molar-refractivity contribution in [1.82, 2.24) is 14.8 Å². The van der Waals surface area contributed by atoms with E-state index in [-0.39, 0.29) is 18.3 Å². The van der Waals surface area contributed by atoms with Crippen LogP contribution in [0.15, 0.2) is 41.6 Å². The summed E-state index contributed by atoms with van der Waals surface area (Å²) in [6, 6.07) is 11.6. The molecule has 0 atom stereocenters. The van der Waals surface area contributed by atoms with E-state index in [1.807, 2.05) is 68.7 Å². The number of nitrogens with one attached hydrogen (secondary N) is 1. The molecule has 2 aromatic carbocycles. The fraction of sp³-hybridized carbons (Fsp3) is 0.318. The van der Waals surface area contributed by atoms with Crippen LogP contribution in [0.1, 0.15) is 29.4 Å². The molecule has 8 heteroatoms. The van der Waals surface area contributed by atoms with Gasteiger partial charge >= 0.3 is 0 Å². The first-order valence-electron chi connectivity index (χ1n) is 9.69. The lowest BCUT2D eigenvalue weighted by molar-refractivity contribution is -0.113. The van der Waals surface area contributed by atoms with Gasteiger partial charge in [0.1, 0.15) is 12.4 Å². The largest absolute Gasteiger partial charge is 0.484 e. The molecule has 158 valence electrons. The Morgan fingerprint density at radius 3 is 2.60 bits per heavy atom. The third kappa shape index (κ3) is 5.34. The molecule has 6 nitrogen and oxygen atoms in total. The molecule has 0 aliphatic carbocycles. The van der Waals surface area contributed by atoms with Crippen molar-refractivity contribution in [2.24, 2.45) is 0 Å². The first-order valence-corrected chi connectivity index (χ1v) is 11.0. The third-order valence-electron chi connectivity index (χ3n) is 4.63. The average Bonchev–Trinajstić information content (AvgIpc) is 3.11. The second kappa shape index (κ2) is 10.00. The number of carbonyl (C=O) groups excluding carboxylic acids is 1. The highest BCUT2D eigenvalue weighted by molar-refractivity contribution is 7.99. The van der Waals surface area contributed by atoms with Crippen molar-refractivity contribution >= 4 is 35.0 Å². The minimum Gasteiger partial charge on any atom is -0.484 e. The number of aromatic nitrogens is 3. The summed E-state index contributed by atoms with van der Waals surface area (Å²) >= 11 is 7.55. The molecule has 1 heterocycles. The van der Waals surface area contributed by atoms with Crippen LogP contribution in [0.4, 0.5) is 5.69 Å². The van der Waals surface area contributed by atoms with Gasteiger partial charge in [-0.05, 0) is 56.5 Å². The molecule has 0 radical (unpaired) electrons. The maximum Gasteiger partial charge on any atom is 0.234 e.